The van der Waals surface area contributed by atoms with Gasteiger partial charge in [0.15, 0.2) is 0 Å². The first-order valence-corrected chi connectivity index (χ1v) is 6.13. The van der Waals surface area contributed by atoms with E-state index in [9.17, 15) is 14.0 Å². The maximum Gasteiger partial charge on any atom is 0.329 e. The molecule has 20 heavy (non-hydrogen) atoms. The van der Waals surface area contributed by atoms with Crippen LogP contribution >= 0.6 is 0 Å². The molecule has 5 nitrogen and oxygen atoms in total. The number of hydrogen-bond acceptors (Lipinski definition) is 3. The Morgan fingerprint density at radius 3 is 2.60 bits per heavy atom. The maximum atomic E-state index is 12.9. The smallest absolute Gasteiger partial charge is 0.329 e. The number of hydrogen-bond donors (Lipinski definition) is 1. The van der Waals surface area contributed by atoms with Gasteiger partial charge >= 0.3 is 5.97 Å². The zero-order chi connectivity index (χ0) is 15.3. The number of ether oxygens (including phenoxy) is 1. The van der Waals surface area contributed by atoms with E-state index in [1.165, 1.54) is 39.1 Å². The Morgan fingerprint density at radius 1 is 1.40 bits per heavy atom. The molecule has 0 atom stereocenters. The standard InChI is InChI=1S/C14H18FNO4/c1-14(2,13(18)19)16(3)12(17)7-8-20-11-6-4-5-10(15)9-11/h4-6,9H,7-8H2,1-3H3,(H,18,19). The fourth-order valence-corrected chi connectivity index (χ4v) is 1.44. The first-order valence-electron chi connectivity index (χ1n) is 6.13. The highest BCUT2D eigenvalue weighted by molar-refractivity contribution is 5.86. The van der Waals surface area contributed by atoms with Gasteiger partial charge in [-0.3, -0.25) is 4.79 Å². The van der Waals surface area contributed by atoms with E-state index >= 15 is 0 Å². The number of benzene rings is 1. The predicted molar refractivity (Wildman–Crippen MR) is 71.0 cm³/mol. The fourth-order valence-electron chi connectivity index (χ4n) is 1.44. The third-order valence-electron chi connectivity index (χ3n) is 3.12. The molecule has 0 spiro atoms. The van der Waals surface area contributed by atoms with Gasteiger partial charge in [-0.15, -0.1) is 0 Å². The second-order valence-corrected chi connectivity index (χ2v) is 4.87. The lowest BCUT2D eigenvalue weighted by molar-refractivity contribution is -0.155. The summed E-state index contributed by atoms with van der Waals surface area (Å²) in [5.74, 6) is -1.52. The normalized spacial score (nSPS) is 11.0. The molecule has 0 bridgehead atoms. The topological polar surface area (TPSA) is 66.8 Å². The molecule has 0 heterocycles. The van der Waals surface area contributed by atoms with Crippen LogP contribution in [0, 0.1) is 5.82 Å². The van der Waals surface area contributed by atoms with E-state index in [1.54, 1.807) is 6.07 Å². The van der Waals surface area contributed by atoms with Gasteiger partial charge < -0.3 is 14.7 Å². The van der Waals surface area contributed by atoms with E-state index in [0.717, 1.165) is 4.90 Å². The maximum absolute atomic E-state index is 12.9. The third kappa shape index (κ3) is 3.94. The average molecular weight is 283 g/mol. The van der Waals surface area contributed by atoms with Crippen molar-refractivity contribution in [2.24, 2.45) is 0 Å². The van der Waals surface area contributed by atoms with Crippen LogP contribution < -0.4 is 4.74 Å². The molecule has 1 N–H and O–H groups in total. The average Bonchev–Trinajstić information content (AvgIpc) is 2.37. The summed E-state index contributed by atoms with van der Waals surface area (Å²) < 4.78 is 18.2. The molecule has 0 aromatic heterocycles. The third-order valence-corrected chi connectivity index (χ3v) is 3.12. The molecular weight excluding hydrogens is 265 g/mol. The minimum atomic E-state index is -1.28. The second-order valence-electron chi connectivity index (χ2n) is 4.87. The summed E-state index contributed by atoms with van der Waals surface area (Å²) in [6.07, 6.45) is 0.0176. The largest absolute Gasteiger partial charge is 0.493 e. The Kier molecular flexibility index (Phi) is 5.07. The molecule has 0 saturated carbocycles. The number of carbonyl (C=O) groups is 2. The monoisotopic (exact) mass is 283 g/mol. The van der Waals surface area contributed by atoms with Crippen molar-refractivity contribution in [1.29, 1.82) is 0 Å². The number of amides is 1. The number of likely N-dealkylation sites (N-methyl/N-ethyl adjacent to an activating group) is 1. The number of rotatable bonds is 6. The lowest BCUT2D eigenvalue weighted by Crippen LogP contribution is -2.51. The van der Waals surface area contributed by atoms with Gasteiger partial charge in [0.05, 0.1) is 13.0 Å². The molecule has 1 rings (SSSR count). The molecule has 0 aliphatic rings. The van der Waals surface area contributed by atoms with Crippen molar-refractivity contribution < 1.29 is 23.8 Å². The van der Waals surface area contributed by atoms with Gasteiger partial charge in [0.2, 0.25) is 5.91 Å². The number of carbonyl (C=O) groups excluding carboxylic acids is 1. The van der Waals surface area contributed by atoms with Crippen LogP contribution in [-0.4, -0.2) is 41.1 Å². The minimum absolute atomic E-state index is 0.0176. The van der Waals surface area contributed by atoms with Gasteiger partial charge in [-0.25, -0.2) is 9.18 Å². The van der Waals surface area contributed by atoms with E-state index in [0.29, 0.717) is 5.75 Å². The van der Waals surface area contributed by atoms with Gasteiger partial charge in [-0.2, -0.15) is 0 Å². The molecule has 0 radical (unpaired) electrons. The number of nitrogens with zero attached hydrogens (tertiary/aromatic N) is 1. The molecule has 1 amide bonds. The molecule has 1 aromatic carbocycles. The van der Waals surface area contributed by atoms with Gasteiger partial charge in [-0.1, -0.05) is 6.07 Å². The molecule has 110 valence electrons. The van der Waals surface area contributed by atoms with Crippen molar-refractivity contribution in [2.75, 3.05) is 13.7 Å². The Balaban J connectivity index is 2.50. The second kappa shape index (κ2) is 6.36. The van der Waals surface area contributed by atoms with Crippen molar-refractivity contribution in [1.82, 2.24) is 4.90 Å². The van der Waals surface area contributed by atoms with E-state index in [4.69, 9.17) is 9.84 Å². The van der Waals surface area contributed by atoms with E-state index < -0.39 is 17.3 Å². The van der Waals surface area contributed by atoms with Gasteiger partial charge in [0.1, 0.15) is 17.1 Å². The van der Waals surface area contributed by atoms with Crippen molar-refractivity contribution >= 4 is 11.9 Å². The number of carboxylic acids is 1. The van der Waals surface area contributed by atoms with Crippen LogP contribution in [0.5, 0.6) is 5.75 Å². The van der Waals surface area contributed by atoms with E-state index in [2.05, 4.69) is 0 Å². The molecule has 0 aliphatic carbocycles. The molecule has 0 saturated heterocycles. The summed E-state index contributed by atoms with van der Waals surface area (Å²) in [6, 6.07) is 5.60. The minimum Gasteiger partial charge on any atom is -0.493 e. The van der Waals surface area contributed by atoms with Gasteiger partial charge in [0.25, 0.3) is 0 Å². The van der Waals surface area contributed by atoms with Gasteiger partial charge in [-0.05, 0) is 26.0 Å². The highest BCUT2D eigenvalue weighted by Gasteiger charge is 2.34. The van der Waals surface area contributed by atoms with E-state index in [-0.39, 0.29) is 18.9 Å². The predicted octanol–water partition coefficient (Wildman–Crippen LogP) is 1.92. The summed E-state index contributed by atoms with van der Waals surface area (Å²) in [6.45, 7) is 2.95. The molecule has 0 unspecified atom stereocenters. The number of aliphatic carboxylic acids is 1. The quantitative estimate of drug-likeness (QED) is 0.866. The van der Waals surface area contributed by atoms with Crippen LogP contribution in [0.2, 0.25) is 0 Å². The Morgan fingerprint density at radius 2 is 2.05 bits per heavy atom. The Bertz CT molecular complexity index is 502. The Labute approximate surface area is 117 Å². The van der Waals surface area contributed by atoms with E-state index in [1.807, 2.05) is 0 Å². The lowest BCUT2D eigenvalue weighted by atomic mass is 10.0. The summed E-state index contributed by atoms with van der Waals surface area (Å²) in [5, 5.41) is 9.03. The fraction of sp³-hybridized carbons (Fsp3) is 0.429. The summed E-state index contributed by atoms with van der Waals surface area (Å²) in [7, 11) is 1.43. The number of halogens is 1. The first kappa shape index (κ1) is 15.9. The summed E-state index contributed by atoms with van der Waals surface area (Å²) >= 11 is 0. The van der Waals surface area contributed by atoms with Crippen molar-refractivity contribution in [2.45, 2.75) is 25.8 Å². The van der Waals surface area contributed by atoms with Gasteiger partial charge in [0, 0.05) is 13.1 Å². The molecule has 0 aliphatic heterocycles. The first-order chi connectivity index (χ1) is 9.25. The van der Waals surface area contributed by atoms with Crippen molar-refractivity contribution in [3.8, 4) is 5.75 Å². The molecule has 1 aromatic rings. The van der Waals surface area contributed by atoms with Crippen molar-refractivity contribution in [3.05, 3.63) is 30.1 Å². The van der Waals surface area contributed by atoms with Crippen LogP contribution in [0.1, 0.15) is 20.3 Å². The highest BCUT2D eigenvalue weighted by Crippen LogP contribution is 2.15. The Hall–Kier alpha value is -2.11. The molecule has 6 heteroatoms. The van der Waals surface area contributed by atoms with Crippen LogP contribution in [-0.2, 0) is 9.59 Å². The number of carboxylic acid groups (broad SMARTS) is 1. The SMILES string of the molecule is CN(C(=O)CCOc1cccc(F)c1)C(C)(C)C(=O)O. The van der Waals surface area contributed by atoms with Crippen LogP contribution in [0.3, 0.4) is 0 Å². The molecule has 0 fully saturated rings. The zero-order valence-electron chi connectivity index (χ0n) is 11.7. The highest BCUT2D eigenvalue weighted by atomic mass is 19.1. The molecular formula is C14H18FNO4. The lowest BCUT2D eigenvalue weighted by Gasteiger charge is -2.31. The van der Waals surface area contributed by atoms with Crippen LogP contribution in [0.15, 0.2) is 24.3 Å². The van der Waals surface area contributed by atoms with Crippen LogP contribution in [0.25, 0.3) is 0 Å². The summed E-state index contributed by atoms with van der Waals surface area (Å²) in [4.78, 5) is 24.0. The zero-order valence-corrected chi connectivity index (χ0v) is 11.7. The van der Waals surface area contributed by atoms with Crippen molar-refractivity contribution in [3.63, 3.8) is 0 Å². The van der Waals surface area contributed by atoms with Crippen LogP contribution in [0.4, 0.5) is 4.39 Å². The summed E-state index contributed by atoms with van der Waals surface area (Å²) in [5.41, 5.74) is -1.28.